The molecule has 10 nitrogen and oxygen atoms in total. The molecule has 6 aromatic rings. The first kappa shape index (κ1) is 44.2. The van der Waals surface area contributed by atoms with Crippen LogP contribution in [-0.2, 0) is 25.8 Å². The fourth-order valence-corrected chi connectivity index (χ4v) is 15.6. The van der Waals surface area contributed by atoms with Crippen molar-refractivity contribution in [2.45, 2.75) is 83.1 Å². The molecule has 320 valence electrons. The lowest BCUT2D eigenvalue weighted by Gasteiger charge is -2.45. The van der Waals surface area contributed by atoms with Crippen LogP contribution in [0.5, 0.6) is 0 Å². The van der Waals surface area contributed by atoms with Gasteiger partial charge in [-0.3, -0.25) is 0 Å². The fourth-order valence-electron chi connectivity index (χ4n) is 8.72. The molecule has 0 bridgehead atoms. The summed E-state index contributed by atoms with van der Waals surface area (Å²) in [7, 11) is -7.51. The topological polar surface area (TPSA) is 118 Å². The first-order valence-electron chi connectivity index (χ1n) is 20.4. The molecule has 61 heavy (non-hydrogen) atoms. The molecule has 0 saturated heterocycles. The van der Waals surface area contributed by atoms with Crippen molar-refractivity contribution in [1.29, 1.82) is 0 Å². The molecule has 2 unspecified atom stereocenters. The SMILES string of the molecule is Cc1ccc(F)c(C(C)[C@@H](c2n[nH]c(=O)o2)N2CN(CCO[Si](c3ccccc3)(c3ccccc3)C(C)(C)C)c3cc(Cl)cc(C(C)OCc4ccccc4)c3S2(=O)=O)c1C. The predicted octanol–water partition coefficient (Wildman–Crippen LogP) is 8.94. The van der Waals surface area contributed by atoms with Gasteiger partial charge in [-0.05, 0) is 76.6 Å². The normalized spacial score (nSPS) is 15.9. The number of rotatable bonds is 14. The van der Waals surface area contributed by atoms with E-state index in [9.17, 15) is 4.79 Å². The largest absolute Gasteiger partial charge is 0.434 e. The summed E-state index contributed by atoms with van der Waals surface area (Å²) in [5, 5.41) is 8.69. The first-order valence-corrected chi connectivity index (χ1v) is 24.1. The number of hydrogen-bond acceptors (Lipinski definition) is 8. The number of H-pyrrole nitrogens is 1. The van der Waals surface area contributed by atoms with Crippen molar-refractivity contribution in [2.75, 3.05) is 24.7 Å². The van der Waals surface area contributed by atoms with Crippen LogP contribution < -0.4 is 21.0 Å². The van der Waals surface area contributed by atoms with Crippen molar-refractivity contribution < 1.29 is 26.4 Å². The van der Waals surface area contributed by atoms with Crippen molar-refractivity contribution in [2.24, 2.45) is 0 Å². The number of hydrogen-bond donors (Lipinski definition) is 1. The molecule has 1 aliphatic heterocycles. The van der Waals surface area contributed by atoms with Gasteiger partial charge in [-0.1, -0.05) is 136 Å². The second kappa shape index (κ2) is 17.8. The Kier molecular flexibility index (Phi) is 12.9. The van der Waals surface area contributed by atoms with Gasteiger partial charge < -0.3 is 18.5 Å². The Morgan fingerprint density at radius 3 is 2.10 bits per heavy atom. The van der Waals surface area contributed by atoms with E-state index in [0.717, 1.165) is 21.5 Å². The average Bonchev–Trinajstić information content (AvgIpc) is 3.67. The van der Waals surface area contributed by atoms with Crippen LogP contribution in [0, 0.1) is 19.7 Å². The smallest absolute Gasteiger partial charge is 0.406 e. The lowest BCUT2D eigenvalue weighted by Crippen LogP contribution is -2.67. The molecule has 0 spiro atoms. The molecule has 1 aliphatic rings. The number of anilines is 1. The maximum absolute atomic E-state index is 16.0. The van der Waals surface area contributed by atoms with Gasteiger partial charge in [0.2, 0.25) is 15.9 Å². The third kappa shape index (κ3) is 8.64. The van der Waals surface area contributed by atoms with E-state index in [4.69, 9.17) is 25.2 Å². The number of aromatic amines is 1. The molecule has 0 amide bonds. The molecular weight excluding hydrogens is 831 g/mol. The minimum absolute atomic E-state index is 0.0225. The maximum Gasteiger partial charge on any atom is 0.434 e. The van der Waals surface area contributed by atoms with E-state index in [0.29, 0.717) is 21.8 Å². The standard InChI is InChI=1S/C47H52ClFN4O6SSi/c1-31-23-24-40(49)42(32(31)2)33(3)43(45-50-51-46(54)59-45)53-30-52(25-26-58-61(47(5,6)7,37-19-13-9-14-20-37)38-21-15-10-16-22-38)41-28-36(48)27-39(44(41)60(53,55)56)34(4)57-29-35-17-11-8-12-18-35/h8-24,27-28,33-34,43H,25-26,29-30H2,1-7H3,(H,51,54)/t33?,34?,43-/m0/s1. The number of sulfonamides is 1. The summed E-state index contributed by atoms with van der Waals surface area (Å²) >= 11 is 6.89. The summed E-state index contributed by atoms with van der Waals surface area (Å²) in [4.78, 5) is 14.5. The van der Waals surface area contributed by atoms with Crippen LogP contribution in [0.25, 0.3) is 0 Å². The van der Waals surface area contributed by atoms with Crippen molar-refractivity contribution in [3.63, 3.8) is 0 Å². The third-order valence-corrected chi connectivity index (χ3v) is 19.0. The van der Waals surface area contributed by atoms with E-state index < -0.39 is 48.0 Å². The second-order valence-corrected chi connectivity index (χ2v) is 23.2. The van der Waals surface area contributed by atoms with Gasteiger partial charge in [-0.25, -0.2) is 22.7 Å². The number of ether oxygens (including phenoxy) is 1. The van der Waals surface area contributed by atoms with Gasteiger partial charge in [-0.2, -0.15) is 4.31 Å². The van der Waals surface area contributed by atoms with Crippen molar-refractivity contribution in [3.05, 3.63) is 170 Å². The van der Waals surface area contributed by atoms with Gasteiger partial charge in [0.05, 0.1) is 31.7 Å². The number of benzene rings is 5. The molecule has 2 heterocycles. The Balaban J connectivity index is 1.37. The first-order chi connectivity index (χ1) is 29.0. The number of halogens is 2. The zero-order valence-corrected chi connectivity index (χ0v) is 38.1. The number of nitrogens with one attached hydrogen (secondary N) is 1. The molecule has 5 aromatic carbocycles. The number of nitrogens with zero attached hydrogens (tertiary/aromatic N) is 3. The highest BCUT2D eigenvalue weighted by Gasteiger charge is 2.51. The maximum atomic E-state index is 16.0. The van der Waals surface area contributed by atoms with Crippen LogP contribution in [0.2, 0.25) is 10.1 Å². The van der Waals surface area contributed by atoms with E-state index in [1.165, 1.54) is 10.4 Å². The Morgan fingerprint density at radius 1 is 0.918 bits per heavy atom. The predicted molar refractivity (Wildman–Crippen MR) is 240 cm³/mol. The van der Waals surface area contributed by atoms with Gasteiger partial charge in [0.1, 0.15) is 16.8 Å². The second-order valence-electron chi connectivity index (χ2n) is 16.7. The Labute approximate surface area is 363 Å². The van der Waals surface area contributed by atoms with E-state index in [1.54, 1.807) is 39.0 Å². The lowest BCUT2D eigenvalue weighted by atomic mass is 9.87. The quantitative estimate of drug-likeness (QED) is 0.108. The Hall–Kier alpha value is -4.89. The van der Waals surface area contributed by atoms with Crippen LogP contribution in [0.3, 0.4) is 0 Å². The summed E-state index contributed by atoms with van der Waals surface area (Å²) in [6, 6.07) is 35.2. The van der Waals surface area contributed by atoms with E-state index in [-0.39, 0.29) is 47.8 Å². The molecule has 0 radical (unpaired) electrons. The van der Waals surface area contributed by atoms with Crippen LogP contribution in [-0.4, -0.2) is 51.1 Å². The molecule has 0 saturated carbocycles. The van der Waals surface area contributed by atoms with Gasteiger partial charge in [0.15, 0.2) is 0 Å². The van der Waals surface area contributed by atoms with Crippen LogP contribution in [0.4, 0.5) is 10.1 Å². The van der Waals surface area contributed by atoms with E-state index >= 15 is 12.8 Å². The zero-order valence-electron chi connectivity index (χ0n) is 35.5. The van der Waals surface area contributed by atoms with Gasteiger partial charge >= 0.3 is 5.76 Å². The zero-order chi connectivity index (χ0) is 43.7. The highest BCUT2D eigenvalue weighted by molar-refractivity contribution is 7.89. The molecule has 0 aliphatic carbocycles. The Morgan fingerprint density at radius 2 is 1.52 bits per heavy atom. The van der Waals surface area contributed by atoms with Crippen molar-refractivity contribution >= 4 is 46.0 Å². The summed E-state index contributed by atoms with van der Waals surface area (Å²) in [5.41, 5.74) is 3.38. The number of aryl methyl sites for hydroxylation is 1. The molecule has 1 aromatic heterocycles. The van der Waals surface area contributed by atoms with Crippen LogP contribution >= 0.6 is 11.6 Å². The molecular formula is C47H52ClFN4O6SSi. The summed E-state index contributed by atoms with van der Waals surface area (Å²) in [6.45, 7) is 14.2. The van der Waals surface area contributed by atoms with Crippen molar-refractivity contribution in [3.8, 4) is 0 Å². The summed E-state index contributed by atoms with van der Waals surface area (Å²) in [6.07, 6.45) is -0.742. The summed E-state index contributed by atoms with van der Waals surface area (Å²) in [5.74, 6) is -2.45. The molecule has 0 fully saturated rings. The minimum Gasteiger partial charge on any atom is -0.406 e. The van der Waals surface area contributed by atoms with Gasteiger partial charge in [0.25, 0.3) is 8.32 Å². The molecule has 14 heteroatoms. The van der Waals surface area contributed by atoms with Gasteiger partial charge in [-0.15, -0.1) is 5.10 Å². The van der Waals surface area contributed by atoms with E-state index in [1.807, 2.05) is 78.6 Å². The number of aromatic nitrogens is 2. The molecule has 1 N–H and O–H groups in total. The van der Waals surface area contributed by atoms with Gasteiger partial charge in [0, 0.05) is 23.0 Å². The van der Waals surface area contributed by atoms with Crippen molar-refractivity contribution in [1.82, 2.24) is 14.5 Å². The molecule has 7 rings (SSSR count). The number of fused-ring (bicyclic) bond motifs is 1. The monoisotopic (exact) mass is 882 g/mol. The lowest BCUT2D eigenvalue weighted by molar-refractivity contribution is 0.0506. The fraction of sp³-hybridized carbons (Fsp3) is 0.319. The molecule has 3 atom stereocenters. The highest BCUT2D eigenvalue weighted by Crippen LogP contribution is 2.47. The Bertz CT molecular complexity index is 2600. The third-order valence-electron chi connectivity index (χ3n) is 11.8. The minimum atomic E-state index is -4.50. The van der Waals surface area contributed by atoms with E-state index in [2.05, 4.69) is 55.2 Å². The highest BCUT2D eigenvalue weighted by atomic mass is 35.5. The average molecular weight is 884 g/mol. The van der Waals surface area contributed by atoms with Crippen LogP contribution in [0.1, 0.15) is 86.4 Å². The summed E-state index contributed by atoms with van der Waals surface area (Å²) < 4.78 is 67.5. The van der Waals surface area contributed by atoms with Crippen LogP contribution in [0.15, 0.2) is 129 Å².